The quantitative estimate of drug-likeness (QED) is 0.683. The van der Waals surface area contributed by atoms with Crippen molar-refractivity contribution in [1.29, 1.82) is 0 Å². The zero-order chi connectivity index (χ0) is 17.8. The molecule has 1 saturated heterocycles. The Hall–Kier alpha value is -2.40. The molecule has 4 rings (SSSR count). The lowest BCUT2D eigenvalue weighted by molar-refractivity contribution is 0.132. The smallest absolute Gasteiger partial charge is 0.108 e. The summed E-state index contributed by atoms with van der Waals surface area (Å²) in [4.78, 5) is 7.11. The van der Waals surface area contributed by atoms with Crippen molar-refractivity contribution in [1.82, 2.24) is 24.2 Å². The first kappa shape index (κ1) is 17.0. The number of para-hydroxylation sites is 1. The van der Waals surface area contributed by atoms with Crippen LogP contribution < -0.4 is 0 Å². The van der Waals surface area contributed by atoms with E-state index in [1.165, 1.54) is 43.6 Å². The van der Waals surface area contributed by atoms with Crippen LogP contribution in [0.2, 0.25) is 0 Å². The molecule has 2 aromatic heterocycles. The maximum atomic E-state index is 4.55. The molecule has 5 nitrogen and oxygen atoms in total. The van der Waals surface area contributed by atoms with Crippen LogP contribution in [0.4, 0.5) is 0 Å². The molecule has 0 N–H and O–H groups in total. The predicted molar refractivity (Wildman–Crippen MR) is 103 cm³/mol. The molecule has 1 fully saturated rings. The Bertz CT molecular complexity index is 820. The van der Waals surface area contributed by atoms with Gasteiger partial charge in [0.05, 0.1) is 11.9 Å². The number of imidazole rings is 1. The van der Waals surface area contributed by atoms with E-state index in [4.69, 9.17) is 0 Å². The Morgan fingerprint density at radius 1 is 1.15 bits per heavy atom. The first-order chi connectivity index (χ1) is 12.8. The van der Waals surface area contributed by atoms with Crippen LogP contribution in [0.15, 0.2) is 55.1 Å². The first-order valence-corrected chi connectivity index (χ1v) is 9.59. The topological polar surface area (TPSA) is 38.9 Å². The van der Waals surface area contributed by atoms with Crippen LogP contribution in [0.5, 0.6) is 0 Å². The lowest BCUT2D eigenvalue weighted by atomic mass is 9.97. The van der Waals surface area contributed by atoms with E-state index in [1.54, 1.807) is 0 Å². The number of aryl methyl sites for hydroxylation is 2. The highest BCUT2D eigenvalue weighted by atomic mass is 15.3. The summed E-state index contributed by atoms with van der Waals surface area (Å²) in [6.07, 6.45) is 14.3. The van der Waals surface area contributed by atoms with E-state index in [9.17, 15) is 0 Å². The van der Waals surface area contributed by atoms with E-state index in [0.717, 1.165) is 18.7 Å². The maximum Gasteiger partial charge on any atom is 0.108 e. The zero-order valence-electron chi connectivity index (χ0n) is 15.5. The Morgan fingerprint density at radius 2 is 2.04 bits per heavy atom. The molecular formula is C21H27N5. The van der Waals surface area contributed by atoms with Gasteiger partial charge in [-0.1, -0.05) is 24.6 Å². The monoisotopic (exact) mass is 349 g/mol. The van der Waals surface area contributed by atoms with Gasteiger partial charge in [0.2, 0.25) is 0 Å². The molecule has 0 amide bonds. The molecule has 26 heavy (non-hydrogen) atoms. The third kappa shape index (κ3) is 3.88. The largest absolute Gasteiger partial charge is 0.338 e. The van der Waals surface area contributed by atoms with Crippen molar-refractivity contribution < 1.29 is 0 Å². The van der Waals surface area contributed by atoms with Gasteiger partial charge in [-0.25, -0.2) is 9.67 Å². The van der Waals surface area contributed by atoms with Gasteiger partial charge < -0.3 is 4.57 Å². The highest BCUT2D eigenvalue weighted by molar-refractivity contribution is 5.30. The molecular weight excluding hydrogens is 322 g/mol. The van der Waals surface area contributed by atoms with Crippen LogP contribution in [-0.4, -0.2) is 36.8 Å². The minimum Gasteiger partial charge on any atom is -0.338 e. The summed E-state index contributed by atoms with van der Waals surface area (Å²) in [7, 11) is 2.08. The zero-order valence-corrected chi connectivity index (χ0v) is 15.5. The molecule has 0 unspecified atom stereocenters. The number of aromatic nitrogens is 4. The van der Waals surface area contributed by atoms with Gasteiger partial charge in [0, 0.05) is 50.2 Å². The number of piperidine rings is 1. The molecule has 0 radical (unpaired) electrons. The van der Waals surface area contributed by atoms with Crippen molar-refractivity contribution in [3.05, 3.63) is 66.5 Å². The lowest BCUT2D eigenvalue weighted by Crippen LogP contribution is -2.39. The second kappa shape index (κ2) is 7.87. The normalized spacial score (nSPS) is 18.3. The molecule has 0 aliphatic carbocycles. The van der Waals surface area contributed by atoms with Crippen molar-refractivity contribution in [2.45, 2.75) is 44.7 Å². The van der Waals surface area contributed by atoms with E-state index in [2.05, 4.69) is 57.1 Å². The molecule has 1 aliphatic rings. The van der Waals surface area contributed by atoms with Crippen molar-refractivity contribution in [2.24, 2.45) is 7.05 Å². The third-order valence-electron chi connectivity index (χ3n) is 5.41. The fourth-order valence-corrected chi connectivity index (χ4v) is 3.93. The number of rotatable bonds is 6. The van der Waals surface area contributed by atoms with E-state index in [-0.39, 0.29) is 0 Å². The molecule has 0 bridgehead atoms. The number of hydrogen-bond acceptors (Lipinski definition) is 3. The average molecular weight is 349 g/mol. The standard InChI is InChI=1S/C21H27N5/c1-24-14-12-22-21(24)11-10-19-7-5-6-13-25(19)16-18-15-23-26(17-18)20-8-3-2-4-9-20/h2-4,8-9,12,14-15,17,19H,5-7,10-11,13,16H2,1H3/t19-/m1/s1. The molecule has 136 valence electrons. The average Bonchev–Trinajstić information content (AvgIpc) is 3.31. The highest BCUT2D eigenvalue weighted by Crippen LogP contribution is 2.23. The fourth-order valence-electron chi connectivity index (χ4n) is 3.93. The molecule has 3 heterocycles. The minimum atomic E-state index is 0.639. The van der Waals surface area contributed by atoms with Crippen LogP contribution in [0.25, 0.3) is 5.69 Å². The van der Waals surface area contributed by atoms with Crippen LogP contribution in [0.3, 0.4) is 0 Å². The second-order valence-electron chi connectivity index (χ2n) is 7.24. The van der Waals surface area contributed by atoms with Gasteiger partial charge in [-0.2, -0.15) is 5.10 Å². The van der Waals surface area contributed by atoms with E-state index in [0.29, 0.717) is 6.04 Å². The van der Waals surface area contributed by atoms with Gasteiger partial charge in [-0.15, -0.1) is 0 Å². The fraction of sp³-hybridized carbons (Fsp3) is 0.429. The molecule has 0 saturated carbocycles. The molecule has 1 aliphatic heterocycles. The summed E-state index contributed by atoms with van der Waals surface area (Å²) in [5, 5.41) is 4.55. The molecule has 1 aromatic carbocycles. The van der Waals surface area contributed by atoms with E-state index < -0.39 is 0 Å². The van der Waals surface area contributed by atoms with Gasteiger partial charge >= 0.3 is 0 Å². The van der Waals surface area contributed by atoms with Crippen LogP contribution in [-0.2, 0) is 20.0 Å². The summed E-state index contributed by atoms with van der Waals surface area (Å²) in [5.74, 6) is 1.19. The number of hydrogen-bond donors (Lipinski definition) is 0. The second-order valence-corrected chi connectivity index (χ2v) is 7.24. The van der Waals surface area contributed by atoms with Gasteiger partial charge in [-0.3, -0.25) is 4.90 Å². The van der Waals surface area contributed by atoms with Gasteiger partial charge in [0.1, 0.15) is 5.82 Å². The Morgan fingerprint density at radius 3 is 2.85 bits per heavy atom. The molecule has 5 heteroatoms. The Labute approximate surface area is 155 Å². The Balaban J connectivity index is 1.40. The van der Waals surface area contributed by atoms with E-state index in [1.807, 2.05) is 29.3 Å². The highest BCUT2D eigenvalue weighted by Gasteiger charge is 2.23. The summed E-state index contributed by atoms with van der Waals surface area (Å²) in [5.41, 5.74) is 2.40. The van der Waals surface area contributed by atoms with Gasteiger partial charge in [0.25, 0.3) is 0 Å². The predicted octanol–water partition coefficient (Wildman–Crippen LogP) is 3.59. The lowest BCUT2D eigenvalue weighted by Gasteiger charge is -2.35. The van der Waals surface area contributed by atoms with Crippen LogP contribution in [0, 0.1) is 0 Å². The Kier molecular flexibility index (Phi) is 5.16. The SMILES string of the molecule is Cn1ccnc1CC[C@H]1CCCCN1Cc1cnn(-c2ccccc2)c1. The van der Waals surface area contributed by atoms with Crippen molar-refractivity contribution in [2.75, 3.05) is 6.54 Å². The number of benzene rings is 1. The van der Waals surface area contributed by atoms with Gasteiger partial charge in [0.15, 0.2) is 0 Å². The number of nitrogens with zero attached hydrogens (tertiary/aromatic N) is 5. The maximum absolute atomic E-state index is 4.55. The summed E-state index contributed by atoms with van der Waals surface area (Å²) < 4.78 is 4.11. The van der Waals surface area contributed by atoms with Gasteiger partial charge in [-0.05, 0) is 37.9 Å². The molecule has 0 spiro atoms. The minimum absolute atomic E-state index is 0.639. The number of likely N-dealkylation sites (tertiary alicyclic amines) is 1. The van der Waals surface area contributed by atoms with Crippen LogP contribution in [0.1, 0.15) is 37.1 Å². The summed E-state index contributed by atoms with van der Waals surface area (Å²) in [6.45, 7) is 2.17. The summed E-state index contributed by atoms with van der Waals surface area (Å²) >= 11 is 0. The van der Waals surface area contributed by atoms with Crippen LogP contribution >= 0.6 is 0 Å². The molecule has 1 atom stereocenters. The third-order valence-corrected chi connectivity index (χ3v) is 5.41. The van der Waals surface area contributed by atoms with Crippen molar-refractivity contribution in [3.8, 4) is 5.69 Å². The van der Waals surface area contributed by atoms with E-state index >= 15 is 0 Å². The van der Waals surface area contributed by atoms with Crippen molar-refractivity contribution >= 4 is 0 Å². The first-order valence-electron chi connectivity index (χ1n) is 9.59. The van der Waals surface area contributed by atoms with Crippen molar-refractivity contribution in [3.63, 3.8) is 0 Å². The summed E-state index contributed by atoms with van der Waals surface area (Å²) in [6, 6.07) is 11.0. The molecule has 3 aromatic rings.